The molecule has 0 unspecified atom stereocenters. The van der Waals surface area contributed by atoms with E-state index in [4.69, 9.17) is 4.74 Å². The van der Waals surface area contributed by atoms with Gasteiger partial charge in [-0.25, -0.2) is 14.6 Å². The molecule has 0 saturated heterocycles. The number of hydrogen-bond donors (Lipinski definition) is 1. The zero-order valence-electron chi connectivity index (χ0n) is 13.8. The maximum absolute atomic E-state index is 12.6. The van der Waals surface area contributed by atoms with E-state index >= 15 is 0 Å². The number of benzene rings is 1. The fourth-order valence-electron chi connectivity index (χ4n) is 1.96. The first kappa shape index (κ1) is 19.4. The predicted molar refractivity (Wildman–Crippen MR) is 98.9 cm³/mol. The van der Waals surface area contributed by atoms with Crippen LogP contribution in [0.15, 0.2) is 34.1 Å². The topological polar surface area (TPSA) is 80.8 Å². The van der Waals surface area contributed by atoms with Crippen LogP contribution in [0.3, 0.4) is 0 Å². The number of carbonyl (C=O) groups is 2. The SMILES string of the molecule is COCCN(Cc1nc(C(=O)OC)cs1)C(=O)Nc1ccccc1Br. The number of thiazole rings is 1. The van der Waals surface area contributed by atoms with E-state index in [1.54, 1.807) is 23.5 Å². The largest absolute Gasteiger partial charge is 0.464 e. The number of hydrogen-bond acceptors (Lipinski definition) is 6. The molecule has 0 atom stereocenters. The average Bonchev–Trinajstić information content (AvgIpc) is 3.08. The zero-order chi connectivity index (χ0) is 18.2. The Bertz CT molecular complexity index is 738. The Morgan fingerprint density at radius 1 is 1.32 bits per heavy atom. The van der Waals surface area contributed by atoms with Crippen LogP contribution in [0.2, 0.25) is 0 Å². The van der Waals surface area contributed by atoms with Crippen molar-refractivity contribution in [1.29, 1.82) is 0 Å². The Morgan fingerprint density at radius 2 is 2.08 bits per heavy atom. The first-order valence-corrected chi connectivity index (χ1v) is 9.04. The molecule has 2 aromatic rings. The lowest BCUT2D eigenvalue weighted by atomic mass is 10.3. The van der Waals surface area contributed by atoms with E-state index in [9.17, 15) is 9.59 Å². The highest BCUT2D eigenvalue weighted by Crippen LogP contribution is 2.22. The normalized spacial score (nSPS) is 10.4. The molecule has 1 heterocycles. The van der Waals surface area contributed by atoms with Crippen LogP contribution < -0.4 is 5.32 Å². The fraction of sp³-hybridized carbons (Fsp3) is 0.312. The van der Waals surface area contributed by atoms with Crippen molar-refractivity contribution < 1.29 is 19.1 Å². The standard InChI is InChI=1S/C16H18BrN3O4S/c1-23-8-7-20(9-14-18-13(10-25-14)15(21)24-2)16(22)19-12-6-4-3-5-11(12)17/h3-6,10H,7-9H2,1-2H3,(H,19,22). The zero-order valence-corrected chi connectivity index (χ0v) is 16.2. The van der Waals surface area contributed by atoms with Gasteiger partial charge in [0.25, 0.3) is 0 Å². The van der Waals surface area contributed by atoms with Crippen LogP contribution in [-0.4, -0.2) is 49.3 Å². The van der Waals surface area contributed by atoms with Crippen molar-refractivity contribution in [2.24, 2.45) is 0 Å². The van der Waals surface area contributed by atoms with E-state index in [1.807, 2.05) is 18.2 Å². The Balaban J connectivity index is 2.09. The molecule has 134 valence electrons. The third-order valence-corrected chi connectivity index (χ3v) is 4.77. The third-order valence-electron chi connectivity index (χ3n) is 3.24. The van der Waals surface area contributed by atoms with Gasteiger partial charge in [0.15, 0.2) is 5.69 Å². The molecule has 0 saturated carbocycles. The number of amides is 2. The summed E-state index contributed by atoms with van der Waals surface area (Å²) >= 11 is 4.70. The molecule has 0 aliphatic rings. The van der Waals surface area contributed by atoms with E-state index in [-0.39, 0.29) is 18.3 Å². The van der Waals surface area contributed by atoms with E-state index in [0.29, 0.717) is 23.8 Å². The second-order valence-corrected chi connectivity index (χ2v) is 6.74. The molecule has 0 aliphatic heterocycles. The van der Waals surface area contributed by atoms with Gasteiger partial charge in [-0.1, -0.05) is 12.1 Å². The summed E-state index contributed by atoms with van der Waals surface area (Å²) in [5.74, 6) is -0.497. The summed E-state index contributed by atoms with van der Waals surface area (Å²) in [5.41, 5.74) is 0.907. The van der Waals surface area contributed by atoms with Gasteiger partial charge in [0.2, 0.25) is 0 Å². The maximum Gasteiger partial charge on any atom is 0.357 e. The van der Waals surface area contributed by atoms with E-state index in [0.717, 1.165) is 4.47 Å². The fourth-order valence-corrected chi connectivity index (χ4v) is 3.12. The molecule has 7 nitrogen and oxygen atoms in total. The number of nitrogens with one attached hydrogen (secondary N) is 1. The smallest absolute Gasteiger partial charge is 0.357 e. The molecule has 25 heavy (non-hydrogen) atoms. The highest BCUT2D eigenvalue weighted by molar-refractivity contribution is 9.10. The molecule has 0 aliphatic carbocycles. The van der Waals surface area contributed by atoms with Crippen molar-refractivity contribution in [3.8, 4) is 0 Å². The molecule has 0 bridgehead atoms. The number of urea groups is 1. The molecule has 1 N–H and O–H groups in total. The van der Waals surface area contributed by atoms with Crippen molar-refractivity contribution in [3.63, 3.8) is 0 Å². The molecule has 0 fully saturated rings. The second kappa shape index (κ2) is 9.50. The van der Waals surface area contributed by atoms with Crippen molar-refractivity contribution in [1.82, 2.24) is 9.88 Å². The molecule has 0 radical (unpaired) electrons. The van der Waals surface area contributed by atoms with Crippen molar-refractivity contribution in [2.45, 2.75) is 6.54 Å². The molecular weight excluding hydrogens is 410 g/mol. The molecule has 9 heteroatoms. The number of nitrogens with zero attached hydrogens (tertiary/aromatic N) is 2. The van der Waals surface area contributed by atoms with Gasteiger partial charge >= 0.3 is 12.0 Å². The Morgan fingerprint density at radius 3 is 2.76 bits per heavy atom. The number of ether oxygens (including phenoxy) is 2. The van der Waals surface area contributed by atoms with Crippen molar-refractivity contribution >= 4 is 45.0 Å². The molecule has 1 aromatic carbocycles. The number of aromatic nitrogens is 1. The summed E-state index contributed by atoms with van der Waals surface area (Å²) in [6.45, 7) is 1.04. The molecule has 0 spiro atoms. The first-order chi connectivity index (χ1) is 12.0. The van der Waals surface area contributed by atoms with Gasteiger partial charge < -0.3 is 19.7 Å². The summed E-state index contributed by atoms with van der Waals surface area (Å²) in [6, 6.07) is 7.07. The molecule has 2 amide bonds. The van der Waals surface area contributed by atoms with Gasteiger partial charge in [0.1, 0.15) is 5.01 Å². The number of esters is 1. The lowest BCUT2D eigenvalue weighted by molar-refractivity contribution is 0.0594. The predicted octanol–water partition coefficient (Wildman–Crippen LogP) is 3.37. The van der Waals surface area contributed by atoms with Gasteiger partial charge in [-0.05, 0) is 28.1 Å². The van der Waals surface area contributed by atoms with Gasteiger partial charge in [-0.3, -0.25) is 0 Å². The summed E-state index contributed by atoms with van der Waals surface area (Å²) in [6.07, 6.45) is 0. The number of methoxy groups -OCH3 is 2. The summed E-state index contributed by atoms with van der Waals surface area (Å²) in [5, 5.41) is 5.10. The number of rotatable bonds is 7. The quantitative estimate of drug-likeness (QED) is 0.684. The van der Waals surface area contributed by atoms with Crippen LogP contribution in [0.4, 0.5) is 10.5 Å². The Kier molecular flexibility index (Phi) is 7.35. The number of anilines is 1. The number of halogens is 1. The minimum absolute atomic E-state index is 0.236. The monoisotopic (exact) mass is 427 g/mol. The summed E-state index contributed by atoms with van der Waals surface area (Å²) in [4.78, 5) is 29.9. The van der Waals surface area contributed by atoms with E-state index in [2.05, 4.69) is 31.0 Å². The van der Waals surface area contributed by atoms with Crippen molar-refractivity contribution in [2.75, 3.05) is 32.7 Å². The van der Waals surface area contributed by atoms with Crippen molar-refractivity contribution in [3.05, 3.63) is 44.8 Å². The van der Waals surface area contributed by atoms with Crippen LogP contribution >= 0.6 is 27.3 Å². The van der Waals surface area contributed by atoms with Gasteiger partial charge in [0.05, 0.1) is 25.9 Å². The summed E-state index contributed by atoms with van der Waals surface area (Å²) < 4.78 is 10.5. The summed E-state index contributed by atoms with van der Waals surface area (Å²) in [7, 11) is 2.88. The van der Waals surface area contributed by atoms with Crippen LogP contribution in [0.25, 0.3) is 0 Å². The molecule has 1 aromatic heterocycles. The minimum Gasteiger partial charge on any atom is -0.464 e. The first-order valence-electron chi connectivity index (χ1n) is 7.37. The minimum atomic E-state index is -0.497. The van der Waals surface area contributed by atoms with Gasteiger partial charge in [0, 0.05) is 23.5 Å². The van der Waals surface area contributed by atoms with Crippen LogP contribution in [-0.2, 0) is 16.0 Å². The molecule has 2 rings (SSSR count). The average molecular weight is 428 g/mol. The highest BCUT2D eigenvalue weighted by atomic mass is 79.9. The van der Waals surface area contributed by atoms with Gasteiger partial charge in [-0.2, -0.15) is 0 Å². The van der Waals surface area contributed by atoms with E-state index in [1.165, 1.54) is 18.4 Å². The lowest BCUT2D eigenvalue weighted by Gasteiger charge is -2.22. The van der Waals surface area contributed by atoms with Crippen LogP contribution in [0, 0.1) is 0 Å². The highest BCUT2D eigenvalue weighted by Gasteiger charge is 2.18. The Hall–Kier alpha value is -1.97. The van der Waals surface area contributed by atoms with Crippen LogP contribution in [0.1, 0.15) is 15.5 Å². The third kappa shape index (κ3) is 5.52. The van der Waals surface area contributed by atoms with Gasteiger partial charge in [-0.15, -0.1) is 11.3 Å². The second-order valence-electron chi connectivity index (χ2n) is 4.94. The number of carbonyl (C=O) groups excluding carboxylic acids is 2. The van der Waals surface area contributed by atoms with E-state index < -0.39 is 5.97 Å². The molecular formula is C16H18BrN3O4S. The number of para-hydroxylation sites is 1. The maximum atomic E-state index is 12.6. The van der Waals surface area contributed by atoms with Crippen LogP contribution in [0.5, 0.6) is 0 Å². The lowest BCUT2D eigenvalue weighted by Crippen LogP contribution is -2.37. The Labute approximate surface area is 158 Å².